The molecule has 4 rings (SSSR count). The van der Waals surface area contributed by atoms with Gasteiger partial charge in [-0.25, -0.2) is 24.0 Å². The van der Waals surface area contributed by atoms with Crippen molar-refractivity contribution in [2.45, 2.75) is 12.9 Å². The monoisotopic (exact) mass is 613 g/mol. The van der Waals surface area contributed by atoms with Crippen LogP contribution in [-0.2, 0) is 20.9 Å². The number of likely N-dealkylation sites (N-methyl/N-ethyl adjacent to an activating group) is 1. The molecule has 1 fully saturated rings. The minimum absolute atomic E-state index is 0.0845. The van der Waals surface area contributed by atoms with Crippen LogP contribution in [0.2, 0.25) is 0 Å². The maximum atomic E-state index is 14.7. The summed E-state index contributed by atoms with van der Waals surface area (Å²) >= 11 is 0. The average Bonchev–Trinajstić information content (AvgIpc) is 2.97. The number of allylic oxidation sites excluding steroid dienone is 2. The molecule has 7 N–H and O–H groups in total. The van der Waals surface area contributed by atoms with Crippen molar-refractivity contribution in [1.82, 2.24) is 31.0 Å². The van der Waals surface area contributed by atoms with Crippen molar-refractivity contribution in [3.8, 4) is 0 Å². The zero-order chi connectivity index (χ0) is 32.0. The molecule has 0 radical (unpaired) electrons. The van der Waals surface area contributed by atoms with Gasteiger partial charge >= 0.3 is 6.03 Å². The molecule has 1 atom stereocenters. The number of amides is 3. The minimum Gasteiger partial charge on any atom is -0.481 e. The summed E-state index contributed by atoms with van der Waals surface area (Å²) < 4.78 is 34.6. The van der Waals surface area contributed by atoms with Crippen molar-refractivity contribution < 1.29 is 33.1 Å². The van der Waals surface area contributed by atoms with Crippen molar-refractivity contribution in [3.05, 3.63) is 94.8 Å². The third kappa shape index (κ3) is 7.05. The molecule has 234 valence electrons. The topological polar surface area (TPSA) is 167 Å². The first kappa shape index (κ1) is 31.7. The Balaban J connectivity index is 1.78. The average molecular weight is 614 g/mol. The number of methoxy groups -OCH3 is 1. The molecule has 2 heterocycles. The second-order valence-corrected chi connectivity index (χ2v) is 9.79. The first-order valence-corrected chi connectivity index (χ1v) is 13.2. The lowest BCUT2D eigenvalue weighted by Gasteiger charge is -2.44. The highest BCUT2D eigenvalue weighted by Crippen LogP contribution is 2.30. The first-order chi connectivity index (χ1) is 21.0. The molecule has 2 aromatic rings. The minimum atomic E-state index is -1.82. The summed E-state index contributed by atoms with van der Waals surface area (Å²) in [5, 5.41) is 26.1. The summed E-state index contributed by atoms with van der Waals surface area (Å²) in [4.78, 5) is 34.2. The van der Waals surface area contributed by atoms with E-state index in [2.05, 4.69) is 31.8 Å². The van der Waals surface area contributed by atoms with Gasteiger partial charge in [0.2, 0.25) is 12.2 Å². The summed E-state index contributed by atoms with van der Waals surface area (Å²) in [6, 6.07) is 9.26. The van der Waals surface area contributed by atoms with E-state index in [1.165, 1.54) is 32.4 Å². The molecule has 1 saturated heterocycles. The third-order valence-corrected chi connectivity index (χ3v) is 6.45. The number of carbonyl (C=O) groups is 2. The van der Waals surface area contributed by atoms with Crippen LogP contribution in [0.25, 0.3) is 0 Å². The highest BCUT2D eigenvalue weighted by molar-refractivity contribution is 6.22. The summed E-state index contributed by atoms with van der Waals surface area (Å²) in [6.45, 7) is -0.436. The van der Waals surface area contributed by atoms with Gasteiger partial charge in [0.05, 0.1) is 20.8 Å². The predicted octanol–water partition coefficient (Wildman–Crippen LogP) is 1.91. The zero-order valence-corrected chi connectivity index (χ0v) is 24.4. The Bertz CT molecular complexity index is 1490. The molecule has 0 saturated carbocycles. The Morgan fingerprint density at radius 3 is 2.23 bits per heavy atom. The standard InChI is InChI=1S/C28H33F2N9O5/c1-37(2)15-21(32-16-8-10-17(11-9-16)33-27(41)36-44-4)24-25(31)38(14-18-19(29)6-5-7-20(18)30)28(42)39(26(24)40)22-12-13-23(43-3)35-34-22/h5-13,28,31-32,34-35,42H,14-15H2,1-4H3,(H2,33,36,41)/b24-21+,31-25?. The number of hydrogen-bond acceptors (Lipinski definition) is 10. The van der Waals surface area contributed by atoms with Gasteiger partial charge in [0.25, 0.3) is 5.91 Å². The molecule has 0 aliphatic carbocycles. The lowest BCUT2D eigenvalue weighted by atomic mass is 10.0. The maximum Gasteiger partial charge on any atom is 0.343 e. The predicted molar refractivity (Wildman–Crippen MR) is 157 cm³/mol. The van der Waals surface area contributed by atoms with E-state index in [4.69, 9.17) is 10.1 Å². The van der Waals surface area contributed by atoms with Crippen LogP contribution in [0.15, 0.2) is 77.6 Å². The van der Waals surface area contributed by atoms with Crippen LogP contribution in [0.3, 0.4) is 0 Å². The smallest absolute Gasteiger partial charge is 0.343 e. The van der Waals surface area contributed by atoms with Gasteiger partial charge < -0.3 is 30.3 Å². The number of aliphatic hydroxyl groups is 1. The number of aliphatic hydroxyl groups excluding tert-OH is 1. The van der Waals surface area contributed by atoms with Gasteiger partial charge in [-0.3, -0.25) is 25.9 Å². The van der Waals surface area contributed by atoms with E-state index in [0.717, 1.165) is 21.9 Å². The number of urea groups is 1. The van der Waals surface area contributed by atoms with Crippen LogP contribution in [-0.4, -0.2) is 78.8 Å². The van der Waals surface area contributed by atoms with Gasteiger partial charge in [-0.15, -0.1) is 0 Å². The van der Waals surface area contributed by atoms with E-state index in [0.29, 0.717) is 17.3 Å². The van der Waals surface area contributed by atoms with E-state index < -0.39 is 47.9 Å². The van der Waals surface area contributed by atoms with Gasteiger partial charge in [-0.05, 0) is 56.6 Å². The van der Waals surface area contributed by atoms with Gasteiger partial charge in [-0.1, -0.05) is 6.07 Å². The number of nitrogens with one attached hydrogen (secondary N) is 6. The molecule has 14 nitrogen and oxygen atoms in total. The number of rotatable bonds is 10. The quantitative estimate of drug-likeness (QED) is 0.155. The number of ether oxygens (including phenoxy) is 1. The number of anilines is 2. The largest absolute Gasteiger partial charge is 0.481 e. The van der Waals surface area contributed by atoms with Crippen molar-refractivity contribution in [2.24, 2.45) is 0 Å². The number of benzene rings is 2. The van der Waals surface area contributed by atoms with Crippen LogP contribution in [0.1, 0.15) is 5.56 Å². The van der Waals surface area contributed by atoms with Gasteiger partial charge in [-0.2, -0.15) is 0 Å². The molecule has 0 bridgehead atoms. The summed E-state index contributed by atoms with van der Waals surface area (Å²) in [5.74, 6) is -2.56. The summed E-state index contributed by atoms with van der Waals surface area (Å²) in [6.07, 6.45) is 1.16. The lowest BCUT2D eigenvalue weighted by molar-refractivity contribution is -0.147. The highest BCUT2D eigenvalue weighted by Gasteiger charge is 2.44. The first-order valence-electron chi connectivity index (χ1n) is 13.2. The molecule has 44 heavy (non-hydrogen) atoms. The second kappa shape index (κ2) is 13.9. The number of hydrazine groups is 1. The second-order valence-electron chi connectivity index (χ2n) is 9.79. The van der Waals surface area contributed by atoms with E-state index >= 15 is 0 Å². The van der Waals surface area contributed by atoms with Crippen LogP contribution < -0.4 is 27.0 Å². The molecule has 2 aliphatic rings. The molecule has 2 aromatic carbocycles. The zero-order valence-electron chi connectivity index (χ0n) is 24.4. The summed E-state index contributed by atoms with van der Waals surface area (Å²) in [5.41, 5.74) is 8.31. The number of amidine groups is 1. The number of carbonyl (C=O) groups excluding carboxylic acids is 2. The van der Waals surface area contributed by atoms with Crippen LogP contribution in [0.5, 0.6) is 0 Å². The van der Waals surface area contributed by atoms with E-state index in [9.17, 15) is 23.5 Å². The maximum absolute atomic E-state index is 14.7. The molecular weight excluding hydrogens is 580 g/mol. The molecule has 16 heteroatoms. The fraction of sp³-hybridized carbons (Fsp3) is 0.250. The summed E-state index contributed by atoms with van der Waals surface area (Å²) in [7, 11) is 6.25. The number of hydrogen-bond donors (Lipinski definition) is 7. The van der Waals surface area contributed by atoms with Crippen LogP contribution in [0, 0.1) is 17.0 Å². The van der Waals surface area contributed by atoms with Crippen molar-refractivity contribution in [3.63, 3.8) is 0 Å². The van der Waals surface area contributed by atoms with Crippen LogP contribution >= 0.6 is 0 Å². The van der Waals surface area contributed by atoms with Crippen LogP contribution in [0.4, 0.5) is 25.0 Å². The Kier molecular flexibility index (Phi) is 9.99. The van der Waals surface area contributed by atoms with E-state index in [-0.39, 0.29) is 23.6 Å². The fourth-order valence-electron chi connectivity index (χ4n) is 4.43. The molecular formula is C28H33F2N9O5. The van der Waals surface area contributed by atoms with E-state index in [1.807, 2.05) is 0 Å². The number of hydroxylamine groups is 1. The Morgan fingerprint density at radius 1 is 1.05 bits per heavy atom. The Morgan fingerprint density at radius 2 is 1.68 bits per heavy atom. The van der Waals surface area contributed by atoms with E-state index in [1.54, 1.807) is 43.3 Å². The highest BCUT2D eigenvalue weighted by atomic mass is 19.1. The fourth-order valence-corrected chi connectivity index (χ4v) is 4.43. The normalized spacial score (nSPS) is 17.8. The Hall–Kier alpha value is -5.19. The molecule has 0 aromatic heterocycles. The third-order valence-electron chi connectivity index (χ3n) is 6.45. The Labute approximate surface area is 252 Å². The van der Waals surface area contributed by atoms with Crippen molar-refractivity contribution in [2.75, 3.05) is 45.5 Å². The lowest BCUT2D eigenvalue weighted by Crippen LogP contribution is -2.62. The molecule has 0 spiro atoms. The SMILES string of the molecule is CONC(=O)Nc1ccc(N/C(CN(C)C)=C2\C(=N)N(Cc3c(F)cccc3F)C(O)N(C3=CC=C(OC)NN3)C2=O)cc1. The molecule has 3 amide bonds. The number of nitrogens with zero attached hydrogens (tertiary/aromatic N) is 3. The van der Waals surface area contributed by atoms with Crippen molar-refractivity contribution in [1.29, 1.82) is 5.41 Å². The molecule has 1 unspecified atom stereocenters. The van der Waals surface area contributed by atoms with Gasteiger partial charge in [0.1, 0.15) is 28.9 Å². The number of halogens is 2. The van der Waals surface area contributed by atoms with Gasteiger partial charge in [0, 0.05) is 35.3 Å². The van der Waals surface area contributed by atoms with Crippen molar-refractivity contribution >= 4 is 29.1 Å². The molecule has 2 aliphatic heterocycles. The van der Waals surface area contributed by atoms with Gasteiger partial charge in [0.15, 0.2) is 0 Å².